The summed E-state index contributed by atoms with van der Waals surface area (Å²) in [7, 11) is 0. The summed E-state index contributed by atoms with van der Waals surface area (Å²) in [4.78, 5) is 0. The lowest BCUT2D eigenvalue weighted by Crippen LogP contribution is -1.99. The molecule has 94 valence electrons. The SMILES string of the molecule is N#[N+]N=C1C=CC=CC1=C=C=C1C=CC=CC1=NN=N. The van der Waals surface area contributed by atoms with Gasteiger partial charge in [0.15, 0.2) is 10.8 Å². The number of rotatable bonds is 1. The molecule has 6 heteroatoms. The van der Waals surface area contributed by atoms with Crippen molar-refractivity contribution in [2.45, 2.75) is 0 Å². The van der Waals surface area contributed by atoms with Gasteiger partial charge in [0.1, 0.15) is 5.71 Å². The average molecular weight is 261 g/mol. The van der Waals surface area contributed by atoms with Gasteiger partial charge in [0, 0.05) is 0 Å². The molecule has 0 aromatic carbocycles. The molecule has 2 aliphatic carbocycles. The quantitative estimate of drug-likeness (QED) is 0.333. The highest BCUT2D eigenvalue weighted by atomic mass is 15.3. The highest BCUT2D eigenvalue weighted by molar-refractivity contribution is 6.12. The van der Waals surface area contributed by atoms with E-state index >= 15 is 0 Å². The Labute approximate surface area is 115 Å². The summed E-state index contributed by atoms with van der Waals surface area (Å²) in [5.74, 6) is 0. The van der Waals surface area contributed by atoms with Crippen LogP contribution < -0.4 is 0 Å². The van der Waals surface area contributed by atoms with E-state index < -0.39 is 0 Å². The molecule has 0 saturated carbocycles. The molecule has 20 heavy (non-hydrogen) atoms. The van der Waals surface area contributed by atoms with Gasteiger partial charge in [-0.3, -0.25) is 0 Å². The van der Waals surface area contributed by atoms with E-state index in [1.165, 1.54) is 0 Å². The normalized spacial score (nSPS) is 19.9. The van der Waals surface area contributed by atoms with E-state index in [9.17, 15) is 0 Å². The highest BCUT2D eigenvalue weighted by Crippen LogP contribution is 2.10. The summed E-state index contributed by atoms with van der Waals surface area (Å²) < 4.78 is 0. The van der Waals surface area contributed by atoms with Crippen molar-refractivity contribution >= 4 is 11.4 Å². The van der Waals surface area contributed by atoms with Crippen LogP contribution in [0.1, 0.15) is 0 Å². The largest absolute Gasteiger partial charge is 0.339 e. The lowest BCUT2D eigenvalue weighted by atomic mass is 10.0. The maximum Gasteiger partial charge on any atom is 0.339 e. The third-order valence-corrected chi connectivity index (χ3v) is 2.45. The highest BCUT2D eigenvalue weighted by Gasteiger charge is 2.08. The van der Waals surface area contributed by atoms with Crippen LogP contribution in [0.25, 0.3) is 5.08 Å². The van der Waals surface area contributed by atoms with E-state index in [1.54, 1.807) is 36.5 Å². The molecule has 0 bridgehead atoms. The molecule has 0 saturated heterocycles. The molecular weight excluding hydrogens is 252 g/mol. The Morgan fingerprint density at radius 1 is 0.900 bits per heavy atom. The fraction of sp³-hybridized carbons (Fsp3) is 0. The predicted molar refractivity (Wildman–Crippen MR) is 75.7 cm³/mol. The minimum atomic E-state index is 0.474. The van der Waals surface area contributed by atoms with Gasteiger partial charge in [-0.25, -0.2) is 0 Å². The van der Waals surface area contributed by atoms with Crippen LogP contribution in [0.2, 0.25) is 0 Å². The molecule has 0 amide bonds. The number of nitrogens with zero attached hydrogens (tertiary/aromatic N) is 5. The Balaban J connectivity index is 2.54. The molecule has 2 rings (SSSR count). The van der Waals surface area contributed by atoms with Crippen LogP contribution in [0, 0.1) is 10.9 Å². The second kappa shape index (κ2) is 6.53. The van der Waals surface area contributed by atoms with E-state index in [0.717, 1.165) is 0 Å². The van der Waals surface area contributed by atoms with Crippen LogP contribution in [0.15, 0.2) is 86.6 Å². The number of nitrogens with one attached hydrogen (secondary N) is 1. The van der Waals surface area contributed by atoms with Gasteiger partial charge in [-0.1, -0.05) is 41.0 Å². The molecule has 2 aliphatic rings. The molecule has 0 heterocycles. The van der Waals surface area contributed by atoms with Crippen molar-refractivity contribution in [3.8, 4) is 0 Å². The van der Waals surface area contributed by atoms with Crippen molar-refractivity contribution in [2.75, 3.05) is 0 Å². The molecule has 1 N–H and O–H groups in total. The molecule has 0 unspecified atom stereocenters. The van der Waals surface area contributed by atoms with E-state index in [2.05, 4.69) is 32.0 Å². The van der Waals surface area contributed by atoms with Crippen molar-refractivity contribution < 1.29 is 0 Å². The first kappa shape index (κ1) is 13.1. The van der Waals surface area contributed by atoms with Gasteiger partial charge in [0.05, 0.1) is 11.1 Å². The van der Waals surface area contributed by atoms with Gasteiger partial charge in [0.2, 0.25) is 0 Å². The minimum absolute atomic E-state index is 0.474. The first-order valence-electron chi connectivity index (χ1n) is 5.68. The summed E-state index contributed by atoms with van der Waals surface area (Å²) in [6.45, 7) is 0. The molecule has 0 spiro atoms. The Morgan fingerprint density at radius 3 is 2.05 bits per heavy atom. The van der Waals surface area contributed by atoms with Crippen molar-refractivity contribution in [3.05, 3.63) is 76.3 Å². The van der Waals surface area contributed by atoms with Crippen LogP contribution in [-0.4, -0.2) is 11.4 Å². The summed E-state index contributed by atoms with van der Waals surface area (Å²) in [6, 6.07) is 0. The van der Waals surface area contributed by atoms with Gasteiger partial charge in [-0.15, -0.1) is 5.10 Å². The monoisotopic (exact) mass is 261 g/mol. The number of hydrogen-bond donors (Lipinski definition) is 1. The molecule has 6 nitrogen and oxygen atoms in total. The fourth-order valence-electron chi connectivity index (χ4n) is 1.57. The molecule has 0 aliphatic heterocycles. The Hall–Kier alpha value is -3.38. The van der Waals surface area contributed by atoms with Crippen molar-refractivity contribution in [3.63, 3.8) is 0 Å². The standard InChI is InChI=1S/C14H9N6/c15-19-17-13-7-3-1-5-11(13)9-10-12-6-2-4-8-14(12)18-20-16/h1-8,15H/q+1. The van der Waals surface area contributed by atoms with Gasteiger partial charge < -0.3 is 0 Å². The first-order valence-corrected chi connectivity index (χ1v) is 5.68. The number of hydrogen-bond acceptors (Lipinski definition) is 4. The number of diazo groups is 1. The van der Waals surface area contributed by atoms with Gasteiger partial charge in [-0.2, -0.15) is 5.53 Å². The second-order valence-corrected chi connectivity index (χ2v) is 3.67. The molecule has 0 radical (unpaired) electrons. The van der Waals surface area contributed by atoms with Gasteiger partial charge in [-0.05, 0) is 24.3 Å². The summed E-state index contributed by atoms with van der Waals surface area (Å²) in [5.41, 5.74) is 14.9. The smallest absolute Gasteiger partial charge is 0.185 e. The zero-order valence-electron chi connectivity index (χ0n) is 10.4. The fourth-order valence-corrected chi connectivity index (χ4v) is 1.57. The zero-order chi connectivity index (χ0) is 14.2. The minimum Gasteiger partial charge on any atom is -0.185 e. The maximum atomic E-state index is 8.51. The Kier molecular flexibility index (Phi) is 4.26. The van der Waals surface area contributed by atoms with Gasteiger partial charge >= 0.3 is 5.08 Å². The molecule has 0 aromatic rings. The Morgan fingerprint density at radius 2 is 1.45 bits per heavy atom. The molecule has 0 aromatic heterocycles. The molecule has 0 atom stereocenters. The van der Waals surface area contributed by atoms with Crippen molar-refractivity contribution in [2.24, 2.45) is 15.4 Å². The number of allylic oxidation sites excluding steroid dienone is 10. The van der Waals surface area contributed by atoms with Crippen LogP contribution in [0.5, 0.6) is 0 Å². The summed E-state index contributed by atoms with van der Waals surface area (Å²) in [6.07, 6.45) is 14.2. The van der Waals surface area contributed by atoms with E-state index in [0.29, 0.717) is 22.6 Å². The second-order valence-electron chi connectivity index (χ2n) is 3.67. The predicted octanol–water partition coefficient (Wildman–Crippen LogP) is 3.44. The molecule has 0 fully saturated rings. The van der Waals surface area contributed by atoms with Crippen LogP contribution >= 0.6 is 0 Å². The van der Waals surface area contributed by atoms with Crippen LogP contribution in [-0.2, 0) is 0 Å². The first-order chi connectivity index (χ1) is 9.85. The zero-order valence-corrected chi connectivity index (χ0v) is 10.4. The lowest BCUT2D eigenvalue weighted by Gasteiger charge is -2.00. The van der Waals surface area contributed by atoms with E-state index in [1.807, 2.05) is 12.2 Å². The third-order valence-electron chi connectivity index (χ3n) is 2.45. The van der Waals surface area contributed by atoms with Crippen LogP contribution in [0.4, 0.5) is 0 Å². The van der Waals surface area contributed by atoms with E-state index in [4.69, 9.17) is 10.9 Å². The van der Waals surface area contributed by atoms with Crippen LogP contribution in [0.3, 0.4) is 0 Å². The Bertz CT molecular complexity index is 752. The average Bonchev–Trinajstić information content (AvgIpc) is 2.48. The topological polar surface area (TPSA) is 89.1 Å². The van der Waals surface area contributed by atoms with Crippen molar-refractivity contribution in [1.29, 1.82) is 10.9 Å². The summed E-state index contributed by atoms with van der Waals surface area (Å²) in [5, 5.41) is 21.6. The lowest BCUT2D eigenvalue weighted by molar-refractivity contribution is 0.991. The molecular formula is C14H9N6+. The summed E-state index contributed by atoms with van der Waals surface area (Å²) >= 11 is 0. The van der Waals surface area contributed by atoms with Gasteiger partial charge in [0.25, 0.3) is 5.39 Å². The maximum absolute atomic E-state index is 8.51. The van der Waals surface area contributed by atoms with E-state index in [-0.39, 0.29) is 0 Å². The third kappa shape index (κ3) is 3.09. The van der Waals surface area contributed by atoms with Crippen molar-refractivity contribution in [1.82, 2.24) is 0 Å².